The lowest BCUT2D eigenvalue weighted by Gasteiger charge is -2.06. The number of hydrogen-bond donors (Lipinski definition) is 0. The Labute approximate surface area is 109 Å². The van der Waals surface area contributed by atoms with E-state index in [1.54, 1.807) is 36.8 Å². The van der Waals surface area contributed by atoms with Crippen LogP contribution in [0.3, 0.4) is 0 Å². The summed E-state index contributed by atoms with van der Waals surface area (Å²) >= 11 is 0. The standard InChI is InChI=1S/C14H10N4O/c1-10-18-11-5-7-15-8-12(11)17-9-13-14(19-10)4-2-3-6-16-13/h3-8H,1,9H2. The summed E-state index contributed by atoms with van der Waals surface area (Å²) in [4.78, 5) is 17.1. The van der Waals surface area contributed by atoms with Gasteiger partial charge >= 0.3 is 0 Å². The van der Waals surface area contributed by atoms with Crippen LogP contribution in [-0.4, -0.2) is 17.7 Å². The van der Waals surface area contributed by atoms with E-state index in [0.29, 0.717) is 28.7 Å². The lowest BCUT2D eigenvalue weighted by Crippen LogP contribution is -2.26. The number of pyridine rings is 1. The largest absolute Gasteiger partial charge is 0.437 e. The van der Waals surface area contributed by atoms with E-state index < -0.39 is 0 Å². The Kier molecular flexibility index (Phi) is 2.88. The van der Waals surface area contributed by atoms with E-state index in [1.165, 1.54) is 0 Å². The number of nitrogens with zero attached hydrogens (tertiary/aromatic N) is 4. The first-order chi connectivity index (χ1) is 9.33. The number of fused-ring (bicyclic) bond motifs is 1. The minimum absolute atomic E-state index is 0.284. The van der Waals surface area contributed by atoms with Crippen LogP contribution in [0.5, 0.6) is 0 Å². The maximum absolute atomic E-state index is 5.60. The summed E-state index contributed by atoms with van der Waals surface area (Å²) in [5, 5.41) is 1.37. The van der Waals surface area contributed by atoms with Gasteiger partial charge in [0.15, 0.2) is 5.76 Å². The predicted molar refractivity (Wildman–Crippen MR) is 69.8 cm³/mol. The number of allylic oxidation sites excluding steroid dienone is 1. The zero-order valence-electron chi connectivity index (χ0n) is 10.1. The van der Waals surface area contributed by atoms with Crippen LogP contribution in [0.1, 0.15) is 0 Å². The number of aromatic nitrogens is 1. The molecule has 0 atom stereocenters. The summed E-state index contributed by atoms with van der Waals surface area (Å²) in [5.74, 6) is 0.843. The molecule has 0 spiro atoms. The Morgan fingerprint density at radius 1 is 1.32 bits per heavy atom. The van der Waals surface area contributed by atoms with Crippen LogP contribution in [0.2, 0.25) is 0 Å². The van der Waals surface area contributed by atoms with Gasteiger partial charge in [0.05, 0.1) is 18.1 Å². The number of aliphatic imine (C=N–C) groups is 1. The summed E-state index contributed by atoms with van der Waals surface area (Å²) in [6.45, 7) is 4.17. The molecule has 2 aliphatic rings. The molecule has 5 heteroatoms. The number of ether oxygens (including phenoxy) is 1. The molecule has 1 aromatic heterocycles. The topological polar surface area (TPSA) is 59.2 Å². The molecule has 0 amide bonds. The fourth-order valence-electron chi connectivity index (χ4n) is 1.69. The van der Waals surface area contributed by atoms with Crippen molar-refractivity contribution in [3.63, 3.8) is 0 Å². The number of rotatable bonds is 0. The van der Waals surface area contributed by atoms with Gasteiger partial charge < -0.3 is 4.74 Å². The minimum atomic E-state index is 0.284. The van der Waals surface area contributed by atoms with E-state index in [2.05, 4.69) is 32.3 Å². The lowest BCUT2D eigenvalue weighted by molar-refractivity contribution is 0.312. The first-order valence-electron chi connectivity index (χ1n) is 5.71. The highest BCUT2D eigenvalue weighted by Gasteiger charge is 2.09. The molecule has 3 heterocycles. The second-order valence-corrected chi connectivity index (χ2v) is 3.86. The van der Waals surface area contributed by atoms with Gasteiger partial charge in [0.2, 0.25) is 5.88 Å². The van der Waals surface area contributed by atoms with Crippen molar-refractivity contribution in [2.45, 2.75) is 0 Å². The average Bonchev–Trinajstić information content (AvgIpc) is 2.59. The molecule has 0 aliphatic carbocycles. The summed E-state index contributed by atoms with van der Waals surface area (Å²) < 4.78 is 5.60. The van der Waals surface area contributed by atoms with E-state index in [1.807, 2.05) is 0 Å². The van der Waals surface area contributed by atoms with Crippen LogP contribution >= 0.6 is 0 Å². The van der Waals surface area contributed by atoms with Crippen molar-refractivity contribution in [3.05, 3.63) is 71.0 Å². The van der Waals surface area contributed by atoms with Gasteiger partial charge in [-0.3, -0.25) is 15.0 Å². The Hall–Kier alpha value is -2.78. The Bertz CT molecular complexity index is 780. The molecule has 92 valence electrons. The molecule has 0 N–H and O–H groups in total. The summed E-state index contributed by atoms with van der Waals surface area (Å²) in [7, 11) is 0. The van der Waals surface area contributed by atoms with Gasteiger partial charge in [-0.05, 0) is 18.7 Å². The van der Waals surface area contributed by atoms with Crippen LogP contribution in [0, 0.1) is 0 Å². The third-order valence-electron chi connectivity index (χ3n) is 2.55. The fraction of sp³-hybridized carbons (Fsp3) is 0.0714. The molecular weight excluding hydrogens is 240 g/mol. The Morgan fingerprint density at radius 2 is 2.26 bits per heavy atom. The van der Waals surface area contributed by atoms with Crippen molar-refractivity contribution in [1.82, 2.24) is 4.98 Å². The smallest absolute Gasteiger partial charge is 0.212 e. The van der Waals surface area contributed by atoms with Crippen LogP contribution in [0.15, 0.2) is 75.2 Å². The van der Waals surface area contributed by atoms with Crippen molar-refractivity contribution in [3.8, 4) is 0 Å². The van der Waals surface area contributed by atoms with E-state index in [0.717, 1.165) is 0 Å². The maximum Gasteiger partial charge on any atom is 0.212 e. The predicted octanol–water partition coefficient (Wildman–Crippen LogP) is 0.830. The molecule has 0 fully saturated rings. The molecule has 0 radical (unpaired) electrons. The third-order valence-corrected chi connectivity index (χ3v) is 2.55. The average molecular weight is 250 g/mol. The molecule has 2 aliphatic heterocycles. The van der Waals surface area contributed by atoms with Gasteiger partial charge in [0, 0.05) is 18.5 Å². The highest BCUT2D eigenvalue weighted by molar-refractivity contribution is 5.72. The van der Waals surface area contributed by atoms with Gasteiger partial charge in [-0.1, -0.05) is 0 Å². The lowest BCUT2D eigenvalue weighted by atomic mass is 10.3. The van der Waals surface area contributed by atoms with Crippen molar-refractivity contribution in [1.29, 1.82) is 0 Å². The highest BCUT2D eigenvalue weighted by Crippen LogP contribution is 2.15. The van der Waals surface area contributed by atoms with Crippen molar-refractivity contribution in [2.75, 3.05) is 6.54 Å². The van der Waals surface area contributed by atoms with E-state index >= 15 is 0 Å². The first-order valence-corrected chi connectivity index (χ1v) is 5.71. The number of hydrogen-bond acceptors (Lipinski definition) is 5. The van der Waals surface area contributed by atoms with Crippen LogP contribution in [0.4, 0.5) is 0 Å². The quantitative estimate of drug-likeness (QED) is 0.640. The third kappa shape index (κ3) is 2.41. The van der Waals surface area contributed by atoms with Crippen molar-refractivity contribution in [2.24, 2.45) is 15.0 Å². The van der Waals surface area contributed by atoms with E-state index in [9.17, 15) is 0 Å². The van der Waals surface area contributed by atoms with Crippen molar-refractivity contribution >= 4 is 6.21 Å². The molecule has 1 aromatic rings. The second kappa shape index (κ2) is 4.84. The molecule has 3 rings (SSSR count). The van der Waals surface area contributed by atoms with Crippen molar-refractivity contribution < 1.29 is 4.74 Å². The van der Waals surface area contributed by atoms with Gasteiger partial charge in [-0.25, -0.2) is 4.99 Å². The van der Waals surface area contributed by atoms with Gasteiger partial charge in [-0.15, -0.1) is 5.73 Å². The van der Waals surface area contributed by atoms with Gasteiger partial charge in [0.1, 0.15) is 11.1 Å². The normalized spacial score (nSPS) is 16.9. The molecule has 0 unspecified atom stereocenters. The molecule has 5 nitrogen and oxygen atoms in total. The molecule has 0 saturated heterocycles. The van der Waals surface area contributed by atoms with E-state index in [-0.39, 0.29) is 5.88 Å². The molecule has 0 aromatic carbocycles. The molecule has 19 heavy (non-hydrogen) atoms. The molecular formula is C14H10N4O. The van der Waals surface area contributed by atoms with Crippen LogP contribution < -0.4 is 10.7 Å². The zero-order chi connectivity index (χ0) is 13.1. The zero-order valence-corrected chi connectivity index (χ0v) is 10.1. The summed E-state index contributed by atoms with van der Waals surface area (Å²) in [6, 6.07) is 1.77. The Morgan fingerprint density at radius 3 is 3.21 bits per heavy atom. The molecule has 0 bridgehead atoms. The maximum atomic E-state index is 5.60. The fourth-order valence-corrected chi connectivity index (χ4v) is 1.69. The van der Waals surface area contributed by atoms with Gasteiger partial charge in [-0.2, -0.15) is 0 Å². The molecule has 0 saturated carbocycles. The van der Waals surface area contributed by atoms with Gasteiger partial charge in [0.25, 0.3) is 0 Å². The first kappa shape index (κ1) is 11.3. The summed E-state index contributed by atoms with van der Waals surface area (Å²) in [5.41, 5.74) is 3.64. The minimum Gasteiger partial charge on any atom is -0.437 e. The SMILES string of the molecule is C=C1N=c2ccncc2=NCC2=C(C=C=CC=N2)O1. The second-order valence-electron chi connectivity index (χ2n) is 3.86. The summed E-state index contributed by atoms with van der Waals surface area (Å²) in [6.07, 6.45) is 8.37. The van der Waals surface area contributed by atoms with E-state index in [4.69, 9.17) is 4.74 Å². The monoisotopic (exact) mass is 250 g/mol. The Balaban J connectivity index is 2.18. The highest BCUT2D eigenvalue weighted by atomic mass is 16.5. The van der Waals surface area contributed by atoms with Crippen LogP contribution in [-0.2, 0) is 4.74 Å². The van der Waals surface area contributed by atoms with Crippen LogP contribution in [0.25, 0.3) is 0 Å².